The molecule has 0 fully saturated rings. The van der Waals surface area contributed by atoms with Crippen molar-refractivity contribution in [3.05, 3.63) is 59.2 Å². The summed E-state index contributed by atoms with van der Waals surface area (Å²) in [6.07, 6.45) is 0. The van der Waals surface area contributed by atoms with Crippen LogP contribution >= 0.6 is 0 Å². The van der Waals surface area contributed by atoms with E-state index in [1.807, 2.05) is 39.0 Å². The SMILES string of the molecule is CC(=O)c1ccc(O)c(C(C)(C)C)c1.CC(C)(C)c1ccccc1O. The van der Waals surface area contributed by atoms with Crippen LogP contribution in [0.15, 0.2) is 42.5 Å². The molecule has 0 radical (unpaired) electrons. The monoisotopic (exact) mass is 342 g/mol. The molecule has 0 atom stereocenters. The van der Waals surface area contributed by atoms with Crippen molar-refractivity contribution in [2.45, 2.75) is 59.3 Å². The number of hydrogen-bond donors (Lipinski definition) is 2. The van der Waals surface area contributed by atoms with E-state index in [9.17, 15) is 15.0 Å². The molecule has 0 heterocycles. The first kappa shape index (κ1) is 20.8. The van der Waals surface area contributed by atoms with E-state index < -0.39 is 0 Å². The Labute approximate surface area is 151 Å². The fourth-order valence-electron chi connectivity index (χ4n) is 2.46. The summed E-state index contributed by atoms with van der Waals surface area (Å²) < 4.78 is 0. The van der Waals surface area contributed by atoms with Gasteiger partial charge in [-0.15, -0.1) is 0 Å². The van der Waals surface area contributed by atoms with Gasteiger partial charge < -0.3 is 10.2 Å². The van der Waals surface area contributed by atoms with E-state index in [-0.39, 0.29) is 22.4 Å². The topological polar surface area (TPSA) is 57.5 Å². The number of hydrogen-bond acceptors (Lipinski definition) is 3. The van der Waals surface area contributed by atoms with E-state index >= 15 is 0 Å². The van der Waals surface area contributed by atoms with Crippen molar-refractivity contribution < 1.29 is 15.0 Å². The quantitative estimate of drug-likeness (QED) is 0.665. The largest absolute Gasteiger partial charge is 0.508 e. The molecule has 2 N–H and O–H groups in total. The first-order valence-electron chi connectivity index (χ1n) is 8.47. The minimum absolute atomic E-state index is 0.0236. The van der Waals surface area contributed by atoms with Crippen LogP contribution in [-0.4, -0.2) is 16.0 Å². The van der Waals surface area contributed by atoms with Crippen LogP contribution in [0, 0.1) is 0 Å². The van der Waals surface area contributed by atoms with Crippen molar-refractivity contribution in [1.82, 2.24) is 0 Å². The number of rotatable bonds is 1. The predicted octanol–water partition coefficient (Wildman–Crippen LogP) is 5.58. The van der Waals surface area contributed by atoms with Crippen molar-refractivity contribution in [3.8, 4) is 11.5 Å². The van der Waals surface area contributed by atoms with Crippen molar-refractivity contribution in [2.75, 3.05) is 0 Å². The molecule has 0 aromatic heterocycles. The summed E-state index contributed by atoms with van der Waals surface area (Å²) in [6.45, 7) is 13.8. The number of Topliss-reactive ketones (excluding diaryl/α,β-unsaturated/α-hetero) is 1. The van der Waals surface area contributed by atoms with Gasteiger partial charge in [-0.1, -0.05) is 59.7 Å². The molecule has 0 saturated carbocycles. The minimum atomic E-state index is -0.143. The number of carbonyl (C=O) groups excluding carboxylic acids is 1. The fourth-order valence-corrected chi connectivity index (χ4v) is 2.46. The Hall–Kier alpha value is -2.29. The van der Waals surface area contributed by atoms with Gasteiger partial charge in [-0.2, -0.15) is 0 Å². The van der Waals surface area contributed by atoms with E-state index in [1.54, 1.807) is 24.3 Å². The van der Waals surface area contributed by atoms with Gasteiger partial charge in [-0.05, 0) is 53.1 Å². The number of phenolic OH excluding ortho intramolecular Hbond substituents is 2. The minimum Gasteiger partial charge on any atom is -0.508 e. The number of para-hydroxylation sites is 1. The number of benzene rings is 2. The third-order valence-corrected chi connectivity index (χ3v) is 3.92. The van der Waals surface area contributed by atoms with E-state index in [2.05, 4.69) is 20.8 Å². The standard InChI is InChI=1S/C12H16O2.C10H14O/c1-8(13)9-5-6-11(14)10(7-9)12(2,3)4;1-10(2,3)8-6-4-5-7-9(8)11/h5-7,14H,1-4H3;4-7,11H,1-3H3. The van der Waals surface area contributed by atoms with Crippen LogP contribution in [0.3, 0.4) is 0 Å². The van der Waals surface area contributed by atoms with Gasteiger partial charge in [0.1, 0.15) is 11.5 Å². The Morgan fingerprint density at radius 3 is 1.64 bits per heavy atom. The molecule has 0 amide bonds. The van der Waals surface area contributed by atoms with Crippen LogP contribution in [0.4, 0.5) is 0 Å². The van der Waals surface area contributed by atoms with Gasteiger partial charge in [0.05, 0.1) is 0 Å². The average Bonchev–Trinajstić information content (AvgIpc) is 2.46. The van der Waals surface area contributed by atoms with Crippen molar-refractivity contribution in [3.63, 3.8) is 0 Å². The van der Waals surface area contributed by atoms with Gasteiger partial charge in [-0.3, -0.25) is 4.79 Å². The second-order valence-corrected chi connectivity index (χ2v) is 8.31. The number of ketones is 1. The van der Waals surface area contributed by atoms with Crippen LogP contribution in [0.1, 0.15) is 70.0 Å². The lowest BCUT2D eigenvalue weighted by Crippen LogP contribution is -2.12. The van der Waals surface area contributed by atoms with Crippen LogP contribution < -0.4 is 0 Å². The zero-order valence-electron chi connectivity index (χ0n) is 16.3. The van der Waals surface area contributed by atoms with E-state index in [0.29, 0.717) is 11.3 Å². The maximum atomic E-state index is 11.2. The van der Waals surface area contributed by atoms with Crippen LogP contribution in [0.2, 0.25) is 0 Å². The van der Waals surface area contributed by atoms with E-state index in [1.165, 1.54) is 6.92 Å². The zero-order chi connectivity index (χ0) is 19.4. The molecule has 0 aliphatic heterocycles. The summed E-state index contributed by atoms with van der Waals surface area (Å²) in [6, 6.07) is 12.4. The third-order valence-electron chi connectivity index (χ3n) is 3.92. The molecule has 0 bridgehead atoms. The molecule has 0 aliphatic rings. The molecule has 0 saturated heterocycles. The molecule has 25 heavy (non-hydrogen) atoms. The summed E-state index contributed by atoms with van der Waals surface area (Å²) in [5.74, 6) is 0.665. The van der Waals surface area contributed by atoms with Crippen LogP contribution in [0.25, 0.3) is 0 Å². The molecule has 136 valence electrons. The maximum absolute atomic E-state index is 11.2. The molecule has 2 aromatic rings. The Balaban J connectivity index is 0.000000257. The molecular formula is C22H30O3. The second-order valence-electron chi connectivity index (χ2n) is 8.31. The highest BCUT2D eigenvalue weighted by atomic mass is 16.3. The lowest BCUT2D eigenvalue weighted by molar-refractivity contribution is 0.101. The van der Waals surface area contributed by atoms with Crippen LogP contribution in [-0.2, 0) is 10.8 Å². The number of carbonyl (C=O) groups is 1. The van der Waals surface area contributed by atoms with Gasteiger partial charge in [0.15, 0.2) is 5.78 Å². The van der Waals surface area contributed by atoms with Crippen molar-refractivity contribution in [2.24, 2.45) is 0 Å². The summed E-state index contributed by atoms with van der Waals surface area (Å²) in [5.41, 5.74) is 2.35. The molecule has 2 aromatic carbocycles. The Morgan fingerprint density at radius 2 is 1.24 bits per heavy atom. The third kappa shape index (κ3) is 5.93. The lowest BCUT2D eigenvalue weighted by Gasteiger charge is -2.20. The van der Waals surface area contributed by atoms with Gasteiger partial charge in [0.2, 0.25) is 0 Å². The fraction of sp³-hybridized carbons (Fsp3) is 0.409. The lowest BCUT2D eigenvalue weighted by atomic mass is 9.85. The molecule has 3 heteroatoms. The van der Waals surface area contributed by atoms with Crippen molar-refractivity contribution >= 4 is 5.78 Å². The average molecular weight is 342 g/mol. The van der Waals surface area contributed by atoms with Crippen LogP contribution in [0.5, 0.6) is 11.5 Å². The molecule has 0 spiro atoms. The highest BCUT2D eigenvalue weighted by Crippen LogP contribution is 2.31. The Bertz CT molecular complexity index is 732. The Morgan fingerprint density at radius 1 is 0.760 bits per heavy atom. The van der Waals surface area contributed by atoms with Crippen molar-refractivity contribution in [1.29, 1.82) is 0 Å². The number of aromatic hydroxyl groups is 2. The van der Waals surface area contributed by atoms with Gasteiger partial charge in [-0.25, -0.2) is 0 Å². The highest BCUT2D eigenvalue weighted by molar-refractivity contribution is 5.94. The summed E-state index contributed by atoms with van der Waals surface area (Å²) >= 11 is 0. The van der Waals surface area contributed by atoms with Gasteiger partial charge >= 0.3 is 0 Å². The molecule has 2 rings (SSSR count). The molecule has 0 unspecified atom stereocenters. The molecular weight excluding hydrogens is 312 g/mol. The number of phenols is 2. The predicted molar refractivity (Wildman–Crippen MR) is 104 cm³/mol. The summed E-state index contributed by atoms with van der Waals surface area (Å²) in [5, 5.41) is 19.1. The summed E-state index contributed by atoms with van der Waals surface area (Å²) in [7, 11) is 0. The van der Waals surface area contributed by atoms with E-state index in [0.717, 1.165) is 11.1 Å². The first-order valence-corrected chi connectivity index (χ1v) is 8.47. The molecule has 0 aliphatic carbocycles. The van der Waals surface area contributed by atoms with Gasteiger partial charge in [0.25, 0.3) is 0 Å². The van der Waals surface area contributed by atoms with Gasteiger partial charge in [0, 0.05) is 5.56 Å². The normalized spacial score (nSPS) is 11.5. The first-order chi connectivity index (χ1) is 11.3. The zero-order valence-corrected chi connectivity index (χ0v) is 16.3. The smallest absolute Gasteiger partial charge is 0.159 e. The second kappa shape index (κ2) is 7.73. The summed E-state index contributed by atoms with van der Waals surface area (Å²) in [4.78, 5) is 11.2. The van der Waals surface area contributed by atoms with E-state index in [4.69, 9.17) is 0 Å². The maximum Gasteiger partial charge on any atom is 0.159 e. The highest BCUT2D eigenvalue weighted by Gasteiger charge is 2.19. The molecule has 3 nitrogen and oxygen atoms in total. The Kier molecular flexibility index (Phi) is 6.42.